The molecule has 0 bridgehead atoms. The van der Waals surface area contributed by atoms with Crippen LogP contribution in [0, 0.1) is 10.1 Å². The van der Waals surface area contributed by atoms with E-state index in [1.165, 1.54) is 24.3 Å². The van der Waals surface area contributed by atoms with Crippen molar-refractivity contribution in [3.63, 3.8) is 0 Å². The van der Waals surface area contributed by atoms with Crippen molar-refractivity contribution in [2.75, 3.05) is 11.5 Å². The van der Waals surface area contributed by atoms with E-state index >= 15 is 0 Å². The number of amides is 2. The minimum absolute atomic E-state index is 0.00559. The summed E-state index contributed by atoms with van der Waals surface area (Å²) in [5.74, 6) is -0.711. The molecule has 2 rings (SSSR count). The van der Waals surface area contributed by atoms with Crippen molar-refractivity contribution in [1.82, 2.24) is 0 Å². The molecule has 0 radical (unpaired) electrons. The van der Waals surface area contributed by atoms with Gasteiger partial charge in [0.15, 0.2) is 0 Å². The first-order valence-electron chi connectivity index (χ1n) is 8.36. The molecule has 1 unspecified atom stereocenters. The van der Waals surface area contributed by atoms with Crippen molar-refractivity contribution in [3.05, 3.63) is 34.4 Å². The predicted octanol–water partition coefficient (Wildman–Crippen LogP) is 2.96. The van der Waals surface area contributed by atoms with E-state index in [1.54, 1.807) is 0 Å². The minimum Gasteiger partial charge on any atom is -0.466 e. The number of carbonyl (C=O) groups excluding carboxylic acids is 3. The van der Waals surface area contributed by atoms with E-state index in [0.29, 0.717) is 25.7 Å². The second-order valence-electron chi connectivity index (χ2n) is 5.83. The van der Waals surface area contributed by atoms with Crippen LogP contribution in [0.3, 0.4) is 0 Å². The van der Waals surface area contributed by atoms with Gasteiger partial charge in [-0.3, -0.25) is 19.7 Å². The molecule has 1 aromatic rings. The van der Waals surface area contributed by atoms with Gasteiger partial charge in [0.2, 0.25) is 5.91 Å². The van der Waals surface area contributed by atoms with Gasteiger partial charge in [-0.05, 0) is 31.4 Å². The lowest BCUT2D eigenvalue weighted by Gasteiger charge is -2.30. The summed E-state index contributed by atoms with van der Waals surface area (Å²) in [6, 6.07) is 5.08. The van der Waals surface area contributed by atoms with Crippen LogP contribution >= 0.6 is 0 Å². The molecule has 0 aliphatic carbocycles. The number of non-ortho nitro benzene ring substituents is 1. The standard InChI is InChI=1S/C17H20N2O7/c1-2-4-16(21)25-10-3-5-14-11-15(20)18(17(22)26-14)12-6-8-13(9-7-12)19(23)24/h6-9,14H,2-5,10-11H2,1H3. The molecule has 1 saturated heterocycles. The highest BCUT2D eigenvalue weighted by Gasteiger charge is 2.35. The molecule has 0 aromatic heterocycles. The fraction of sp³-hybridized carbons (Fsp3) is 0.471. The Morgan fingerprint density at radius 1 is 1.35 bits per heavy atom. The van der Waals surface area contributed by atoms with E-state index in [4.69, 9.17) is 9.47 Å². The molecule has 1 aromatic carbocycles. The number of hydrogen-bond donors (Lipinski definition) is 0. The average molecular weight is 364 g/mol. The number of hydrogen-bond acceptors (Lipinski definition) is 7. The van der Waals surface area contributed by atoms with E-state index in [0.717, 1.165) is 4.90 Å². The lowest BCUT2D eigenvalue weighted by molar-refractivity contribution is -0.384. The van der Waals surface area contributed by atoms with E-state index in [1.807, 2.05) is 6.92 Å². The third-order valence-electron chi connectivity index (χ3n) is 3.81. The number of cyclic esters (lactones) is 1. The monoisotopic (exact) mass is 364 g/mol. The zero-order chi connectivity index (χ0) is 19.1. The highest BCUT2D eigenvalue weighted by atomic mass is 16.6. The van der Waals surface area contributed by atoms with Crippen molar-refractivity contribution < 1.29 is 28.8 Å². The Labute approximate surface area is 150 Å². The summed E-state index contributed by atoms with van der Waals surface area (Å²) in [7, 11) is 0. The van der Waals surface area contributed by atoms with Crippen molar-refractivity contribution in [1.29, 1.82) is 0 Å². The van der Waals surface area contributed by atoms with Crippen LogP contribution in [0.5, 0.6) is 0 Å². The summed E-state index contributed by atoms with van der Waals surface area (Å²) >= 11 is 0. The van der Waals surface area contributed by atoms with Crippen LogP contribution in [0.4, 0.5) is 16.2 Å². The number of benzene rings is 1. The summed E-state index contributed by atoms with van der Waals surface area (Å²) in [5, 5.41) is 10.7. The maximum Gasteiger partial charge on any atom is 0.421 e. The Morgan fingerprint density at radius 3 is 2.62 bits per heavy atom. The lowest BCUT2D eigenvalue weighted by Crippen LogP contribution is -2.46. The molecule has 1 aliphatic heterocycles. The summed E-state index contributed by atoms with van der Waals surface area (Å²) in [6.07, 6.45) is 0.583. The third-order valence-corrected chi connectivity index (χ3v) is 3.81. The van der Waals surface area contributed by atoms with Crippen molar-refractivity contribution in [2.45, 2.75) is 45.1 Å². The van der Waals surface area contributed by atoms with Gasteiger partial charge in [0, 0.05) is 18.6 Å². The average Bonchev–Trinajstić information content (AvgIpc) is 2.59. The Kier molecular flexibility index (Phi) is 6.65. The molecule has 1 fully saturated rings. The number of nitrogens with zero attached hydrogens (tertiary/aromatic N) is 2. The SMILES string of the molecule is CCCC(=O)OCCCC1CC(=O)N(c2ccc([N+](=O)[O-])cc2)C(=O)O1. The van der Waals surface area contributed by atoms with Crippen LogP contribution in [-0.4, -0.2) is 35.6 Å². The van der Waals surface area contributed by atoms with Crippen LogP contribution in [0.1, 0.15) is 39.0 Å². The van der Waals surface area contributed by atoms with Crippen LogP contribution in [0.25, 0.3) is 0 Å². The maximum atomic E-state index is 12.3. The molecule has 0 spiro atoms. The largest absolute Gasteiger partial charge is 0.466 e. The number of carbonyl (C=O) groups is 3. The number of anilines is 1. The number of esters is 1. The van der Waals surface area contributed by atoms with Crippen LogP contribution < -0.4 is 4.90 Å². The summed E-state index contributed by atoms with van der Waals surface area (Å²) in [4.78, 5) is 46.6. The molecule has 9 heteroatoms. The number of nitro groups is 1. The molecule has 0 saturated carbocycles. The molecule has 140 valence electrons. The Hall–Kier alpha value is -2.97. The molecule has 9 nitrogen and oxygen atoms in total. The zero-order valence-electron chi connectivity index (χ0n) is 14.4. The summed E-state index contributed by atoms with van der Waals surface area (Å²) in [6.45, 7) is 2.10. The van der Waals surface area contributed by atoms with E-state index in [2.05, 4.69) is 0 Å². The van der Waals surface area contributed by atoms with Gasteiger partial charge in [0.05, 0.1) is 23.6 Å². The van der Waals surface area contributed by atoms with Gasteiger partial charge in [-0.2, -0.15) is 0 Å². The molecule has 26 heavy (non-hydrogen) atoms. The molecule has 1 heterocycles. The molecule has 2 amide bonds. The third kappa shape index (κ3) is 5.01. The van der Waals surface area contributed by atoms with E-state index in [-0.39, 0.29) is 30.4 Å². The lowest BCUT2D eigenvalue weighted by atomic mass is 10.1. The van der Waals surface area contributed by atoms with Crippen molar-refractivity contribution >= 4 is 29.3 Å². The number of ether oxygens (including phenoxy) is 2. The van der Waals surface area contributed by atoms with Gasteiger partial charge in [-0.1, -0.05) is 6.92 Å². The molecule has 1 atom stereocenters. The molecule has 0 N–H and O–H groups in total. The van der Waals surface area contributed by atoms with Gasteiger partial charge < -0.3 is 9.47 Å². The Balaban J connectivity index is 1.87. The van der Waals surface area contributed by atoms with Crippen LogP contribution in [0.15, 0.2) is 24.3 Å². The molecule has 1 aliphatic rings. The minimum atomic E-state index is -0.817. The summed E-state index contributed by atoms with van der Waals surface area (Å²) in [5.41, 5.74) is 0.0830. The normalized spacial score (nSPS) is 17.0. The fourth-order valence-corrected chi connectivity index (χ4v) is 2.53. The highest BCUT2D eigenvalue weighted by Crippen LogP contribution is 2.25. The van der Waals surface area contributed by atoms with Crippen LogP contribution in [0.2, 0.25) is 0 Å². The Morgan fingerprint density at radius 2 is 2.04 bits per heavy atom. The second-order valence-corrected chi connectivity index (χ2v) is 5.83. The first-order valence-corrected chi connectivity index (χ1v) is 8.36. The number of imide groups is 1. The van der Waals surface area contributed by atoms with Crippen LogP contribution in [-0.2, 0) is 19.1 Å². The van der Waals surface area contributed by atoms with Gasteiger partial charge in [-0.15, -0.1) is 0 Å². The van der Waals surface area contributed by atoms with E-state index < -0.39 is 23.0 Å². The Bertz CT molecular complexity index is 669. The molecular weight excluding hydrogens is 344 g/mol. The molecular formula is C17H20N2O7. The smallest absolute Gasteiger partial charge is 0.421 e. The van der Waals surface area contributed by atoms with Gasteiger partial charge in [-0.25, -0.2) is 9.69 Å². The number of rotatable bonds is 8. The highest BCUT2D eigenvalue weighted by molar-refractivity contribution is 6.13. The van der Waals surface area contributed by atoms with Gasteiger partial charge in [0.25, 0.3) is 5.69 Å². The zero-order valence-corrected chi connectivity index (χ0v) is 14.4. The number of nitro benzene ring substituents is 1. The maximum absolute atomic E-state index is 12.3. The van der Waals surface area contributed by atoms with Crippen molar-refractivity contribution in [3.8, 4) is 0 Å². The topological polar surface area (TPSA) is 116 Å². The second kappa shape index (κ2) is 8.93. The first kappa shape index (κ1) is 19.4. The van der Waals surface area contributed by atoms with Gasteiger partial charge >= 0.3 is 12.1 Å². The van der Waals surface area contributed by atoms with E-state index in [9.17, 15) is 24.5 Å². The van der Waals surface area contributed by atoms with Crippen molar-refractivity contribution in [2.24, 2.45) is 0 Å². The predicted molar refractivity (Wildman–Crippen MR) is 90.6 cm³/mol. The first-order chi connectivity index (χ1) is 12.4. The fourth-order valence-electron chi connectivity index (χ4n) is 2.53. The van der Waals surface area contributed by atoms with Gasteiger partial charge in [0.1, 0.15) is 6.10 Å². The summed E-state index contributed by atoms with van der Waals surface area (Å²) < 4.78 is 10.3. The quantitative estimate of drug-likeness (QED) is 0.301.